The maximum Gasteiger partial charge on any atom is 0.196 e. The summed E-state index contributed by atoms with van der Waals surface area (Å²) in [5, 5.41) is 9.96. The van der Waals surface area contributed by atoms with Crippen molar-refractivity contribution >= 4 is 11.8 Å². The number of benzene rings is 3. The van der Waals surface area contributed by atoms with E-state index in [1.165, 1.54) is 16.7 Å². The first-order valence-electron chi connectivity index (χ1n) is 9.53. The van der Waals surface area contributed by atoms with E-state index in [0.717, 1.165) is 34.4 Å². The number of rotatable bonds is 6. The van der Waals surface area contributed by atoms with Crippen LogP contribution < -0.4 is 0 Å². The van der Waals surface area contributed by atoms with Gasteiger partial charge in [0.15, 0.2) is 11.0 Å². The molecule has 1 heterocycles. The van der Waals surface area contributed by atoms with Crippen molar-refractivity contribution in [3.8, 4) is 17.1 Å². The first kappa shape index (κ1) is 18.5. The van der Waals surface area contributed by atoms with Crippen LogP contribution in [0.25, 0.3) is 17.1 Å². The zero-order chi connectivity index (χ0) is 19.3. The Hall–Kier alpha value is -2.85. The fraction of sp³-hybridized carbons (Fsp3) is 0.167. The molecule has 4 aromatic rings. The molecule has 0 saturated heterocycles. The molecule has 0 aliphatic carbocycles. The molecule has 28 heavy (non-hydrogen) atoms. The number of thioether (sulfide) groups is 1. The van der Waals surface area contributed by atoms with Gasteiger partial charge in [0.1, 0.15) is 0 Å². The number of aryl methyl sites for hydroxylation is 2. The van der Waals surface area contributed by atoms with Gasteiger partial charge in [-0.2, -0.15) is 0 Å². The van der Waals surface area contributed by atoms with Crippen molar-refractivity contribution in [1.29, 1.82) is 0 Å². The highest BCUT2D eigenvalue weighted by atomic mass is 32.2. The predicted octanol–water partition coefficient (Wildman–Crippen LogP) is 6.10. The van der Waals surface area contributed by atoms with Gasteiger partial charge in [-0.1, -0.05) is 91.0 Å². The molecule has 0 fully saturated rings. The Morgan fingerprint density at radius 1 is 0.821 bits per heavy atom. The van der Waals surface area contributed by atoms with Crippen LogP contribution in [0.15, 0.2) is 84.0 Å². The summed E-state index contributed by atoms with van der Waals surface area (Å²) in [6, 6.07) is 27.5. The zero-order valence-corrected chi connectivity index (χ0v) is 17.0. The molecule has 0 saturated carbocycles. The van der Waals surface area contributed by atoms with Crippen molar-refractivity contribution in [1.82, 2.24) is 14.8 Å². The third-order valence-electron chi connectivity index (χ3n) is 4.72. The molecule has 4 rings (SSSR count). The van der Waals surface area contributed by atoms with Crippen molar-refractivity contribution in [3.05, 3.63) is 95.6 Å². The fourth-order valence-corrected chi connectivity index (χ4v) is 4.10. The van der Waals surface area contributed by atoms with Crippen LogP contribution in [0.1, 0.15) is 23.6 Å². The molecular formula is C24H23N3S. The minimum Gasteiger partial charge on any atom is -0.270 e. The SMILES string of the molecule is CCc1ccc(-n2c(SCc3cccc(C)c3)nnc2-c2ccccc2)cc1. The highest BCUT2D eigenvalue weighted by Crippen LogP contribution is 2.30. The highest BCUT2D eigenvalue weighted by Gasteiger charge is 2.16. The maximum absolute atomic E-state index is 4.53. The van der Waals surface area contributed by atoms with Gasteiger partial charge in [0.05, 0.1) is 0 Å². The average Bonchev–Trinajstić information content (AvgIpc) is 3.17. The van der Waals surface area contributed by atoms with Crippen LogP contribution in [0, 0.1) is 6.92 Å². The molecule has 0 radical (unpaired) electrons. The lowest BCUT2D eigenvalue weighted by molar-refractivity contribution is 0.885. The molecule has 3 aromatic carbocycles. The standard InChI is InChI=1S/C24H23N3S/c1-3-19-12-14-22(15-13-19)27-23(21-10-5-4-6-11-21)25-26-24(27)28-17-20-9-7-8-18(2)16-20/h4-16H,3,17H2,1-2H3. The maximum atomic E-state index is 4.53. The van der Waals surface area contributed by atoms with Crippen molar-refractivity contribution < 1.29 is 0 Å². The van der Waals surface area contributed by atoms with Gasteiger partial charge in [-0.15, -0.1) is 10.2 Å². The van der Waals surface area contributed by atoms with Crippen molar-refractivity contribution in [2.45, 2.75) is 31.2 Å². The molecule has 0 bridgehead atoms. The lowest BCUT2D eigenvalue weighted by Gasteiger charge is -2.11. The first-order chi connectivity index (χ1) is 13.7. The number of nitrogens with zero attached hydrogens (tertiary/aromatic N) is 3. The summed E-state index contributed by atoms with van der Waals surface area (Å²) in [6.45, 7) is 4.30. The Bertz CT molecular complexity index is 1050. The third kappa shape index (κ3) is 4.02. The molecule has 140 valence electrons. The van der Waals surface area contributed by atoms with Crippen molar-refractivity contribution in [3.63, 3.8) is 0 Å². The van der Waals surface area contributed by atoms with E-state index in [9.17, 15) is 0 Å². The van der Waals surface area contributed by atoms with E-state index in [4.69, 9.17) is 0 Å². The monoisotopic (exact) mass is 385 g/mol. The van der Waals surface area contributed by atoms with Crippen LogP contribution in [0.3, 0.4) is 0 Å². The van der Waals surface area contributed by atoms with E-state index < -0.39 is 0 Å². The summed E-state index contributed by atoms with van der Waals surface area (Å²) in [7, 11) is 0. The van der Waals surface area contributed by atoms with Crippen LogP contribution in [0.5, 0.6) is 0 Å². The molecule has 3 nitrogen and oxygen atoms in total. The predicted molar refractivity (Wildman–Crippen MR) is 117 cm³/mol. The second kappa shape index (κ2) is 8.44. The normalized spacial score (nSPS) is 10.9. The minimum atomic E-state index is 0.863. The summed E-state index contributed by atoms with van der Waals surface area (Å²) in [5.41, 5.74) is 6.05. The van der Waals surface area contributed by atoms with Gasteiger partial charge in [-0.05, 0) is 36.6 Å². The molecule has 0 atom stereocenters. The third-order valence-corrected chi connectivity index (χ3v) is 5.72. The van der Waals surface area contributed by atoms with E-state index in [2.05, 4.69) is 89.3 Å². The molecule has 0 spiro atoms. The van der Waals surface area contributed by atoms with Crippen molar-refractivity contribution in [2.75, 3.05) is 0 Å². The average molecular weight is 386 g/mol. The van der Waals surface area contributed by atoms with Gasteiger partial charge in [-0.3, -0.25) is 4.57 Å². The highest BCUT2D eigenvalue weighted by molar-refractivity contribution is 7.98. The van der Waals surface area contributed by atoms with Gasteiger partial charge in [-0.25, -0.2) is 0 Å². The van der Waals surface area contributed by atoms with Crippen molar-refractivity contribution in [2.24, 2.45) is 0 Å². The smallest absolute Gasteiger partial charge is 0.196 e. The fourth-order valence-electron chi connectivity index (χ4n) is 3.20. The second-order valence-electron chi connectivity index (χ2n) is 6.81. The van der Waals surface area contributed by atoms with E-state index in [0.29, 0.717) is 0 Å². The molecule has 1 aromatic heterocycles. The molecule has 0 N–H and O–H groups in total. The van der Waals surface area contributed by atoms with Gasteiger partial charge >= 0.3 is 0 Å². The summed E-state index contributed by atoms with van der Waals surface area (Å²) in [5.74, 6) is 1.73. The van der Waals surface area contributed by atoms with E-state index in [1.807, 2.05) is 18.2 Å². The first-order valence-corrected chi connectivity index (χ1v) is 10.5. The second-order valence-corrected chi connectivity index (χ2v) is 7.75. The molecule has 0 unspecified atom stereocenters. The Labute approximate surface area is 170 Å². The van der Waals surface area contributed by atoms with E-state index in [-0.39, 0.29) is 0 Å². The van der Waals surface area contributed by atoms with Crippen LogP contribution in [0.2, 0.25) is 0 Å². The number of hydrogen-bond acceptors (Lipinski definition) is 3. The molecule has 4 heteroatoms. The van der Waals surface area contributed by atoms with Gasteiger partial charge in [0.25, 0.3) is 0 Å². The lowest BCUT2D eigenvalue weighted by atomic mass is 10.1. The number of aromatic nitrogens is 3. The van der Waals surface area contributed by atoms with Crippen LogP contribution in [-0.2, 0) is 12.2 Å². The van der Waals surface area contributed by atoms with Gasteiger partial charge in [0, 0.05) is 17.0 Å². The largest absolute Gasteiger partial charge is 0.270 e. The number of hydrogen-bond donors (Lipinski definition) is 0. The topological polar surface area (TPSA) is 30.7 Å². The Kier molecular flexibility index (Phi) is 5.58. The van der Waals surface area contributed by atoms with Gasteiger partial charge < -0.3 is 0 Å². The minimum absolute atomic E-state index is 0.863. The summed E-state index contributed by atoms with van der Waals surface area (Å²) < 4.78 is 2.16. The Balaban J connectivity index is 1.72. The van der Waals surface area contributed by atoms with Crippen LogP contribution >= 0.6 is 11.8 Å². The quantitative estimate of drug-likeness (QED) is 0.376. The lowest BCUT2D eigenvalue weighted by Crippen LogP contribution is -2.00. The Morgan fingerprint density at radius 2 is 1.61 bits per heavy atom. The molecular weight excluding hydrogens is 362 g/mol. The zero-order valence-electron chi connectivity index (χ0n) is 16.2. The van der Waals surface area contributed by atoms with E-state index >= 15 is 0 Å². The van der Waals surface area contributed by atoms with Crippen LogP contribution in [-0.4, -0.2) is 14.8 Å². The summed E-state index contributed by atoms with van der Waals surface area (Å²) >= 11 is 1.72. The Morgan fingerprint density at radius 3 is 2.32 bits per heavy atom. The van der Waals surface area contributed by atoms with Gasteiger partial charge in [0.2, 0.25) is 0 Å². The summed E-state index contributed by atoms with van der Waals surface area (Å²) in [4.78, 5) is 0. The molecule has 0 amide bonds. The van der Waals surface area contributed by atoms with E-state index in [1.54, 1.807) is 11.8 Å². The molecule has 0 aliphatic heterocycles. The molecule has 0 aliphatic rings. The van der Waals surface area contributed by atoms with Crippen LogP contribution in [0.4, 0.5) is 0 Å². The summed E-state index contributed by atoms with van der Waals surface area (Å²) in [6.07, 6.45) is 1.03.